The zero-order chi connectivity index (χ0) is 29.1. The van der Waals surface area contributed by atoms with Crippen molar-refractivity contribution in [2.24, 2.45) is 0 Å². The minimum atomic E-state index is -0.198. The van der Waals surface area contributed by atoms with Crippen molar-refractivity contribution in [3.63, 3.8) is 0 Å². The van der Waals surface area contributed by atoms with Gasteiger partial charge in [-0.15, -0.1) is 11.8 Å². The first kappa shape index (κ1) is 30.5. The molecule has 40 heavy (non-hydrogen) atoms. The van der Waals surface area contributed by atoms with E-state index in [1.165, 1.54) is 0 Å². The lowest BCUT2D eigenvalue weighted by molar-refractivity contribution is -0.194. The van der Waals surface area contributed by atoms with Gasteiger partial charge in [0.15, 0.2) is 5.75 Å². The summed E-state index contributed by atoms with van der Waals surface area (Å²) in [6.45, 7) is 16.6. The maximum absolute atomic E-state index is 12.9. The monoisotopic (exact) mass is 570 g/mol. The number of amides is 1. The molecule has 2 heterocycles. The fraction of sp³-hybridized carbons (Fsp3) is 0.594. The standard InChI is InChI=1S/C32H46N2O5S/c1-31(2,3)25-17-23(18-26(29(25)36)32(4,5)6)30-34(28(35)21-40-30)15-10-14-33(7)13-8-9-16-37-24-12-11-22-20-38-39-27(22)19-24/h11-12,17-19,30,36H,8-10,13-16,20-21H2,1-7H3. The van der Waals surface area contributed by atoms with E-state index in [1.54, 1.807) is 11.8 Å². The van der Waals surface area contributed by atoms with Gasteiger partial charge in [-0.3, -0.25) is 4.79 Å². The van der Waals surface area contributed by atoms with Crippen molar-refractivity contribution >= 4 is 17.7 Å². The molecule has 7 nitrogen and oxygen atoms in total. The quantitative estimate of drug-likeness (QED) is 0.242. The number of hydrogen-bond acceptors (Lipinski definition) is 7. The van der Waals surface area contributed by atoms with Gasteiger partial charge in [-0.05, 0) is 91.2 Å². The molecule has 1 atom stereocenters. The zero-order valence-electron chi connectivity index (χ0n) is 25.2. The predicted octanol–water partition coefficient (Wildman–Crippen LogP) is 6.57. The summed E-state index contributed by atoms with van der Waals surface area (Å²) in [4.78, 5) is 27.4. The van der Waals surface area contributed by atoms with Crippen molar-refractivity contribution < 1.29 is 24.4 Å². The molecule has 4 rings (SSSR count). The van der Waals surface area contributed by atoms with E-state index in [9.17, 15) is 9.90 Å². The fourth-order valence-corrected chi connectivity index (χ4v) is 6.39. The molecule has 1 amide bonds. The Balaban J connectivity index is 1.27. The van der Waals surface area contributed by atoms with E-state index in [1.807, 2.05) is 23.1 Å². The van der Waals surface area contributed by atoms with E-state index in [2.05, 4.69) is 65.6 Å². The molecule has 0 spiro atoms. The number of ether oxygens (including phenoxy) is 1. The molecule has 1 unspecified atom stereocenters. The Morgan fingerprint density at radius 2 is 1.70 bits per heavy atom. The van der Waals surface area contributed by atoms with Crippen LogP contribution in [0.5, 0.6) is 17.2 Å². The number of fused-ring (bicyclic) bond motifs is 1. The second-order valence-electron chi connectivity index (χ2n) is 13.0. The SMILES string of the molecule is CN(CCCCOc1ccc2c(c1)OOC2)CCCN1C(=O)CSC1c1cc(C(C)(C)C)c(O)c(C(C)(C)C)c1. The smallest absolute Gasteiger partial charge is 0.233 e. The summed E-state index contributed by atoms with van der Waals surface area (Å²) in [7, 11) is 2.14. The number of phenolic OH excluding ortho intramolecular Hbond substituents is 1. The first-order chi connectivity index (χ1) is 18.8. The number of carbonyl (C=O) groups excluding carboxylic acids is 1. The van der Waals surface area contributed by atoms with Crippen LogP contribution < -0.4 is 9.62 Å². The van der Waals surface area contributed by atoms with E-state index in [4.69, 9.17) is 14.5 Å². The lowest BCUT2D eigenvalue weighted by Crippen LogP contribution is -2.32. The van der Waals surface area contributed by atoms with Crippen LogP contribution in [0.4, 0.5) is 0 Å². The van der Waals surface area contributed by atoms with Gasteiger partial charge < -0.3 is 24.5 Å². The number of rotatable bonds is 11. The van der Waals surface area contributed by atoms with E-state index < -0.39 is 0 Å². The van der Waals surface area contributed by atoms with Crippen molar-refractivity contribution in [3.8, 4) is 17.2 Å². The topological polar surface area (TPSA) is 71.5 Å². The van der Waals surface area contributed by atoms with Gasteiger partial charge in [-0.1, -0.05) is 41.5 Å². The Morgan fingerprint density at radius 3 is 2.38 bits per heavy atom. The second kappa shape index (κ2) is 12.6. The van der Waals surface area contributed by atoms with Crippen LogP contribution in [0, 0.1) is 0 Å². The molecule has 0 radical (unpaired) electrons. The Morgan fingerprint density at radius 1 is 1.02 bits per heavy atom. The molecule has 2 aromatic carbocycles. The van der Waals surface area contributed by atoms with Crippen LogP contribution in [0.1, 0.15) is 88.4 Å². The van der Waals surface area contributed by atoms with Crippen LogP contribution in [0.2, 0.25) is 0 Å². The van der Waals surface area contributed by atoms with Crippen molar-refractivity contribution in [2.75, 3.05) is 39.0 Å². The van der Waals surface area contributed by atoms with Crippen molar-refractivity contribution in [3.05, 3.63) is 52.6 Å². The number of carbonyl (C=O) groups is 1. The van der Waals surface area contributed by atoms with Gasteiger partial charge >= 0.3 is 0 Å². The Bertz CT molecular complexity index is 1150. The first-order valence-corrected chi connectivity index (χ1v) is 15.4. The summed E-state index contributed by atoms with van der Waals surface area (Å²) in [6, 6.07) is 10.1. The molecule has 1 N–H and O–H groups in total. The molecule has 0 aliphatic carbocycles. The Hall–Kier alpha value is -2.42. The Labute approximate surface area is 244 Å². The average molecular weight is 571 g/mol. The highest BCUT2D eigenvalue weighted by atomic mass is 32.2. The highest BCUT2D eigenvalue weighted by Crippen LogP contribution is 2.45. The van der Waals surface area contributed by atoms with Crippen LogP contribution in [0.25, 0.3) is 0 Å². The molecule has 220 valence electrons. The van der Waals surface area contributed by atoms with Crippen LogP contribution in [0.15, 0.2) is 30.3 Å². The number of benzene rings is 2. The molecular weight excluding hydrogens is 524 g/mol. The molecule has 0 bridgehead atoms. The van der Waals surface area contributed by atoms with Crippen molar-refractivity contribution in [1.82, 2.24) is 9.80 Å². The van der Waals surface area contributed by atoms with Gasteiger partial charge in [0.05, 0.1) is 12.4 Å². The van der Waals surface area contributed by atoms with Gasteiger partial charge in [-0.2, -0.15) is 4.89 Å². The maximum Gasteiger partial charge on any atom is 0.233 e. The molecule has 0 saturated carbocycles. The molecule has 8 heteroatoms. The summed E-state index contributed by atoms with van der Waals surface area (Å²) < 4.78 is 5.88. The number of hydrogen-bond donors (Lipinski definition) is 1. The highest BCUT2D eigenvalue weighted by molar-refractivity contribution is 8.00. The van der Waals surface area contributed by atoms with Crippen LogP contribution in [-0.4, -0.2) is 59.9 Å². The van der Waals surface area contributed by atoms with Crippen molar-refractivity contribution in [2.45, 2.75) is 83.6 Å². The van der Waals surface area contributed by atoms with Gasteiger partial charge in [0.1, 0.15) is 23.5 Å². The normalized spacial score (nSPS) is 17.4. The zero-order valence-corrected chi connectivity index (χ0v) is 26.0. The maximum atomic E-state index is 12.9. The number of unbranched alkanes of at least 4 members (excludes halogenated alkanes) is 1. The second-order valence-corrected chi connectivity index (χ2v) is 14.1. The summed E-state index contributed by atoms with van der Waals surface area (Å²) >= 11 is 1.69. The van der Waals surface area contributed by atoms with Gasteiger partial charge in [0.25, 0.3) is 0 Å². The van der Waals surface area contributed by atoms with E-state index in [-0.39, 0.29) is 22.1 Å². The number of aromatic hydroxyl groups is 1. The predicted molar refractivity (Wildman–Crippen MR) is 161 cm³/mol. The number of nitrogens with zero attached hydrogens (tertiary/aromatic N) is 2. The fourth-order valence-electron chi connectivity index (χ4n) is 5.19. The van der Waals surface area contributed by atoms with Gasteiger partial charge in [-0.25, -0.2) is 0 Å². The lowest BCUT2D eigenvalue weighted by Gasteiger charge is -2.31. The van der Waals surface area contributed by atoms with Crippen LogP contribution >= 0.6 is 11.8 Å². The summed E-state index contributed by atoms with van der Waals surface area (Å²) in [5, 5.41) is 11.1. The third-order valence-corrected chi connectivity index (χ3v) is 8.80. The molecule has 0 aromatic heterocycles. The van der Waals surface area contributed by atoms with Crippen LogP contribution in [0.3, 0.4) is 0 Å². The Kier molecular flexibility index (Phi) is 9.63. The highest BCUT2D eigenvalue weighted by Gasteiger charge is 2.35. The molecule has 1 fully saturated rings. The molecule has 1 saturated heterocycles. The molecular formula is C32H46N2O5S. The third kappa shape index (κ3) is 7.45. The number of phenols is 1. The average Bonchev–Trinajstić information content (AvgIpc) is 3.49. The van der Waals surface area contributed by atoms with Gasteiger partial charge in [0.2, 0.25) is 5.91 Å². The molecule has 2 aliphatic rings. The summed E-state index contributed by atoms with van der Waals surface area (Å²) in [6.07, 6.45) is 2.93. The third-order valence-electron chi connectivity index (χ3n) is 7.55. The largest absolute Gasteiger partial charge is 0.507 e. The van der Waals surface area contributed by atoms with E-state index in [0.29, 0.717) is 24.7 Å². The minimum Gasteiger partial charge on any atom is -0.507 e. The minimum absolute atomic E-state index is 0.0195. The van der Waals surface area contributed by atoms with Crippen molar-refractivity contribution in [1.29, 1.82) is 0 Å². The summed E-state index contributed by atoms with van der Waals surface area (Å²) in [5.41, 5.74) is 3.64. The lowest BCUT2D eigenvalue weighted by atomic mass is 9.78. The van der Waals surface area contributed by atoms with E-state index >= 15 is 0 Å². The van der Waals surface area contributed by atoms with E-state index in [0.717, 1.165) is 72.6 Å². The van der Waals surface area contributed by atoms with Gasteiger partial charge in [0, 0.05) is 18.2 Å². The first-order valence-electron chi connectivity index (χ1n) is 14.4. The molecule has 2 aromatic rings. The van der Waals surface area contributed by atoms with Crippen LogP contribution in [-0.2, 0) is 27.1 Å². The summed E-state index contributed by atoms with van der Waals surface area (Å²) in [5.74, 6) is 2.62. The molecule has 2 aliphatic heterocycles. The number of thioether (sulfide) groups is 1.